The predicted molar refractivity (Wildman–Crippen MR) is 57.2 cm³/mol. The maximum atomic E-state index is 9.34. The minimum atomic E-state index is -0.106. The van der Waals surface area contributed by atoms with E-state index in [4.69, 9.17) is 0 Å². The molecule has 0 aliphatic heterocycles. The Hall–Kier alpha value is -0.860. The second-order valence-corrected chi connectivity index (χ2v) is 3.94. The number of hydrogen-bond donors (Lipinski definition) is 2. The van der Waals surface area contributed by atoms with Crippen LogP contribution in [0.2, 0.25) is 0 Å². The van der Waals surface area contributed by atoms with Gasteiger partial charge < -0.3 is 10.4 Å². The van der Waals surface area contributed by atoms with Gasteiger partial charge >= 0.3 is 0 Å². The van der Waals surface area contributed by atoms with Crippen molar-refractivity contribution >= 4 is 0 Å². The molecule has 0 radical (unpaired) electrons. The molecule has 0 unspecified atom stereocenters. The molecule has 1 aliphatic rings. The van der Waals surface area contributed by atoms with Gasteiger partial charge in [0.2, 0.25) is 0 Å². The summed E-state index contributed by atoms with van der Waals surface area (Å²) < 4.78 is 0. The molecule has 2 heteroatoms. The second kappa shape index (κ2) is 4.58. The number of rotatable bonds is 4. The van der Waals surface area contributed by atoms with Gasteiger partial charge in [0.25, 0.3) is 0 Å². The van der Waals surface area contributed by atoms with E-state index in [-0.39, 0.29) is 6.10 Å². The van der Waals surface area contributed by atoms with Gasteiger partial charge in [0.15, 0.2) is 0 Å². The van der Waals surface area contributed by atoms with E-state index >= 15 is 0 Å². The van der Waals surface area contributed by atoms with Crippen LogP contribution in [-0.2, 0) is 6.42 Å². The standard InChI is InChI=1S/C12H17NO/c14-12-7-6-11(12)13-9-8-10-4-2-1-3-5-10/h1-5,11-14H,6-9H2/t11-,12-/m1/s1. The highest BCUT2D eigenvalue weighted by Crippen LogP contribution is 2.19. The van der Waals surface area contributed by atoms with Gasteiger partial charge in [-0.1, -0.05) is 30.3 Å². The first kappa shape index (κ1) is 9.69. The molecule has 1 fully saturated rings. The van der Waals surface area contributed by atoms with Crippen LogP contribution in [0.5, 0.6) is 0 Å². The number of nitrogens with one attached hydrogen (secondary N) is 1. The lowest BCUT2D eigenvalue weighted by Crippen LogP contribution is -2.48. The zero-order valence-electron chi connectivity index (χ0n) is 8.32. The van der Waals surface area contributed by atoms with E-state index in [1.807, 2.05) is 6.07 Å². The van der Waals surface area contributed by atoms with Crippen molar-refractivity contribution in [1.29, 1.82) is 0 Å². The minimum Gasteiger partial charge on any atom is -0.392 e. The Morgan fingerprint density at radius 2 is 2.00 bits per heavy atom. The Kier molecular flexibility index (Phi) is 3.17. The van der Waals surface area contributed by atoms with Crippen LogP contribution < -0.4 is 5.32 Å². The summed E-state index contributed by atoms with van der Waals surface area (Å²) in [5, 5.41) is 12.7. The van der Waals surface area contributed by atoms with E-state index < -0.39 is 0 Å². The van der Waals surface area contributed by atoms with E-state index in [1.54, 1.807) is 0 Å². The Balaban J connectivity index is 1.68. The van der Waals surface area contributed by atoms with Crippen LogP contribution in [0.15, 0.2) is 30.3 Å². The summed E-state index contributed by atoms with van der Waals surface area (Å²) in [5.41, 5.74) is 1.36. The van der Waals surface area contributed by atoms with Crippen molar-refractivity contribution in [2.45, 2.75) is 31.4 Å². The molecule has 0 heterocycles. The van der Waals surface area contributed by atoms with Crippen LogP contribution in [0.4, 0.5) is 0 Å². The third kappa shape index (κ3) is 2.34. The maximum absolute atomic E-state index is 9.34. The molecule has 76 valence electrons. The molecule has 2 nitrogen and oxygen atoms in total. The Morgan fingerprint density at radius 3 is 2.57 bits per heavy atom. The van der Waals surface area contributed by atoms with Gasteiger partial charge in [-0.15, -0.1) is 0 Å². The van der Waals surface area contributed by atoms with Gasteiger partial charge in [0.05, 0.1) is 6.10 Å². The quantitative estimate of drug-likeness (QED) is 0.752. The van der Waals surface area contributed by atoms with Crippen molar-refractivity contribution in [3.8, 4) is 0 Å². The maximum Gasteiger partial charge on any atom is 0.0693 e. The lowest BCUT2D eigenvalue weighted by molar-refractivity contribution is 0.0505. The normalized spacial score (nSPS) is 25.8. The molecular weight excluding hydrogens is 174 g/mol. The van der Waals surface area contributed by atoms with Crippen LogP contribution in [0.3, 0.4) is 0 Å². The van der Waals surface area contributed by atoms with Crippen molar-refractivity contribution in [2.24, 2.45) is 0 Å². The Labute approximate surface area is 85.0 Å². The second-order valence-electron chi connectivity index (χ2n) is 3.94. The fraction of sp³-hybridized carbons (Fsp3) is 0.500. The summed E-state index contributed by atoms with van der Waals surface area (Å²) in [6.45, 7) is 0.964. The molecule has 1 saturated carbocycles. The van der Waals surface area contributed by atoms with Gasteiger partial charge in [0.1, 0.15) is 0 Å². The number of benzene rings is 1. The molecule has 0 spiro atoms. The van der Waals surface area contributed by atoms with Crippen LogP contribution in [0.25, 0.3) is 0 Å². The van der Waals surface area contributed by atoms with Crippen molar-refractivity contribution in [1.82, 2.24) is 5.32 Å². The van der Waals surface area contributed by atoms with Crippen LogP contribution in [-0.4, -0.2) is 23.8 Å². The summed E-state index contributed by atoms with van der Waals surface area (Å²) in [5.74, 6) is 0. The summed E-state index contributed by atoms with van der Waals surface area (Å²) in [7, 11) is 0. The molecule has 1 aliphatic carbocycles. The van der Waals surface area contributed by atoms with Crippen molar-refractivity contribution in [2.75, 3.05) is 6.54 Å². The molecule has 2 atom stereocenters. The molecule has 2 N–H and O–H groups in total. The van der Waals surface area contributed by atoms with Gasteiger partial charge in [-0.2, -0.15) is 0 Å². The Morgan fingerprint density at radius 1 is 1.21 bits per heavy atom. The molecule has 14 heavy (non-hydrogen) atoms. The molecule has 0 saturated heterocycles. The third-order valence-electron chi connectivity index (χ3n) is 2.90. The smallest absolute Gasteiger partial charge is 0.0693 e. The molecule has 1 aromatic carbocycles. The fourth-order valence-electron chi connectivity index (χ4n) is 1.77. The van der Waals surface area contributed by atoms with E-state index in [0.29, 0.717) is 6.04 Å². The highest BCUT2D eigenvalue weighted by atomic mass is 16.3. The summed E-state index contributed by atoms with van der Waals surface area (Å²) in [4.78, 5) is 0. The van der Waals surface area contributed by atoms with E-state index in [0.717, 1.165) is 25.8 Å². The largest absolute Gasteiger partial charge is 0.392 e. The lowest BCUT2D eigenvalue weighted by atomic mass is 9.89. The van der Waals surface area contributed by atoms with Gasteiger partial charge in [0, 0.05) is 6.04 Å². The van der Waals surface area contributed by atoms with Crippen LogP contribution in [0, 0.1) is 0 Å². The van der Waals surface area contributed by atoms with Crippen LogP contribution in [0.1, 0.15) is 18.4 Å². The minimum absolute atomic E-state index is 0.106. The summed E-state index contributed by atoms with van der Waals surface area (Å²) >= 11 is 0. The van der Waals surface area contributed by atoms with Gasteiger partial charge in [-0.3, -0.25) is 0 Å². The van der Waals surface area contributed by atoms with Crippen LogP contribution >= 0.6 is 0 Å². The average molecular weight is 191 g/mol. The zero-order valence-corrected chi connectivity index (χ0v) is 8.32. The van der Waals surface area contributed by atoms with E-state index in [9.17, 15) is 5.11 Å². The predicted octanol–water partition coefficient (Wildman–Crippen LogP) is 1.34. The van der Waals surface area contributed by atoms with Crippen molar-refractivity contribution < 1.29 is 5.11 Å². The van der Waals surface area contributed by atoms with E-state index in [2.05, 4.69) is 29.6 Å². The first-order valence-corrected chi connectivity index (χ1v) is 5.31. The first-order valence-electron chi connectivity index (χ1n) is 5.31. The summed E-state index contributed by atoms with van der Waals surface area (Å²) in [6.07, 6.45) is 3.02. The monoisotopic (exact) mass is 191 g/mol. The molecular formula is C12H17NO. The Bertz CT molecular complexity index is 273. The fourth-order valence-corrected chi connectivity index (χ4v) is 1.77. The SMILES string of the molecule is O[C@@H]1CC[C@H]1NCCc1ccccc1. The van der Waals surface area contributed by atoms with Crippen molar-refractivity contribution in [3.05, 3.63) is 35.9 Å². The molecule has 0 bridgehead atoms. The lowest BCUT2D eigenvalue weighted by Gasteiger charge is -2.33. The zero-order chi connectivity index (χ0) is 9.80. The third-order valence-corrected chi connectivity index (χ3v) is 2.90. The summed E-state index contributed by atoms with van der Waals surface area (Å²) in [6, 6.07) is 10.8. The highest BCUT2D eigenvalue weighted by Gasteiger charge is 2.27. The topological polar surface area (TPSA) is 32.3 Å². The number of aliphatic hydroxyl groups excluding tert-OH is 1. The molecule has 0 amide bonds. The molecule has 2 rings (SSSR count). The van der Waals surface area contributed by atoms with Crippen molar-refractivity contribution in [3.63, 3.8) is 0 Å². The van der Waals surface area contributed by atoms with E-state index in [1.165, 1.54) is 5.56 Å². The number of hydrogen-bond acceptors (Lipinski definition) is 2. The molecule has 1 aromatic rings. The first-order chi connectivity index (χ1) is 6.86. The number of aliphatic hydroxyl groups is 1. The molecule has 0 aromatic heterocycles. The van der Waals surface area contributed by atoms with Gasteiger partial charge in [-0.25, -0.2) is 0 Å². The highest BCUT2D eigenvalue weighted by molar-refractivity contribution is 5.14. The van der Waals surface area contributed by atoms with Gasteiger partial charge in [-0.05, 0) is 31.4 Å². The average Bonchev–Trinajstić information content (AvgIpc) is 2.24.